The molecule has 0 aliphatic carbocycles. The Kier molecular flexibility index (Phi) is 5.27. The zero-order valence-electron chi connectivity index (χ0n) is 14.8. The van der Waals surface area contributed by atoms with Crippen molar-refractivity contribution in [2.45, 2.75) is 45.0 Å². The topological polar surface area (TPSA) is 71.8 Å². The Bertz CT molecular complexity index is 961. The van der Waals surface area contributed by atoms with E-state index in [0.29, 0.717) is 18.2 Å². The summed E-state index contributed by atoms with van der Waals surface area (Å²) in [5.41, 5.74) is -1.51. The van der Waals surface area contributed by atoms with Gasteiger partial charge in [-0.2, -0.15) is 0 Å². The van der Waals surface area contributed by atoms with E-state index in [2.05, 4.69) is 15.9 Å². The molecule has 1 aliphatic heterocycles. The molecule has 0 saturated carbocycles. The molecule has 2 aromatic rings. The number of fused-ring (bicyclic) bond motifs is 1. The molecule has 1 saturated heterocycles. The summed E-state index contributed by atoms with van der Waals surface area (Å²) in [5, 5.41) is 9.40. The molecule has 1 atom stereocenters. The van der Waals surface area contributed by atoms with E-state index in [1.54, 1.807) is 19.9 Å². The van der Waals surface area contributed by atoms with Crippen LogP contribution in [0.25, 0.3) is 10.8 Å². The van der Waals surface area contributed by atoms with Crippen molar-refractivity contribution < 1.29 is 23.4 Å². The van der Waals surface area contributed by atoms with Crippen LogP contribution < -0.4 is 5.56 Å². The highest BCUT2D eigenvalue weighted by Crippen LogP contribution is 2.29. The van der Waals surface area contributed by atoms with Crippen LogP contribution in [0.2, 0.25) is 0 Å². The van der Waals surface area contributed by atoms with Crippen molar-refractivity contribution in [3.63, 3.8) is 0 Å². The highest BCUT2D eigenvalue weighted by atomic mass is 79.9. The third-order valence-electron chi connectivity index (χ3n) is 4.82. The molecule has 3 rings (SSSR count). The van der Waals surface area contributed by atoms with Crippen LogP contribution in [0.15, 0.2) is 27.6 Å². The molecule has 146 valence electrons. The molecule has 9 heteroatoms. The Hall–Kier alpha value is -2.00. The highest BCUT2D eigenvalue weighted by molar-refractivity contribution is 9.10. The van der Waals surface area contributed by atoms with Gasteiger partial charge in [-0.15, -0.1) is 0 Å². The number of halogens is 3. The van der Waals surface area contributed by atoms with E-state index in [1.807, 2.05) is 0 Å². The molecule has 1 aliphatic rings. The number of pyridine rings is 1. The summed E-state index contributed by atoms with van der Waals surface area (Å²) < 4.78 is 34.8. The van der Waals surface area contributed by atoms with Crippen LogP contribution in [-0.4, -0.2) is 39.0 Å². The number of ether oxygens (including phenoxy) is 1. The summed E-state index contributed by atoms with van der Waals surface area (Å²) >= 11 is 2.93. The minimum atomic E-state index is -1.18. The molecule has 1 N–H and O–H groups in total. The first-order valence-corrected chi connectivity index (χ1v) is 9.25. The summed E-state index contributed by atoms with van der Waals surface area (Å²) in [7, 11) is 0. The minimum absolute atomic E-state index is 0.0396. The average molecular weight is 445 g/mol. The van der Waals surface area contributed by atoms with Crippen molar-refractivity contribution in [1.29, 1.82) is 0 Å². The maximum atomic E-state index is 14.2. The van der Waals surface area contributed by atoms with Crippen molar-refractivity contribution in [1.82, 2.24) is 9.47 Å². The van der Waals surface area contributed by atoms with Gasteiger partial charge in [-0.05, 0) is 60.1 Å². The molecule has 1 fully saturated rings. The van der Waals surface area contributed by atoms with Crippen LogP contribution >= 0.6 is 15.9 Å². The molecule has 1 amide bonds. The molecule has 1 aromatic carbocycles. The lowest BCUT2D eigenvalue weighted by molar-refractivity contribution is -0.0421. The molecule has 0 unspecified atom stereocenters. The lowest BCUT2D eigenvalue weighted by Crippen LogP contribution is -2.47. The van der Waals surface area contributed by atoms with Gasteiger partial charge in [0.15, 0.2) is 11.6 Å². The Morgan fingerprint density at radius 1 is 1.41 bits per heavy atom. The van der Waals surface area contributed by atoms with E-state index >= 15 is 0 Å². The molecular weight excluding hydrogens is 426 g/mol. The fourth-order valence-corrected chi connectivity index (χ4v) is 3.92. The van der Waals surface area contributed by atoms with Gasteiger partial charge >= 0.3 is 6.09 Å². The number of carbonyl (C=O) groups is 1. The van der Waals surface area contributed by atoms with E-state index in [0.717, 1.165) is 0 Å². The van der Waals surface area contributed by atoms with Gasteiger partial charge in [0.2, 0.25) is 0 Å². The Balaban J connectivity index is 1.78. The number of hydrogen-bond donors (Lipinski definition) is 1. The first-order chi connectivity index (χ1) is 12.6. The lowest BCUT2D eigenvalue weighted by Gasteiger charge is -2.31. The van der Waals surface area contributed by atoms with E-state index in [4.69, 9.17) is 4.74 Å². The van der Waals surface area contributed by atoms with Crippen LogP contribution in [0.3, 0.4) is 0 Å². The standard InChI is InChI=1S/C18H19BrF2N2O4/c1-18(2)23(17(25)26)11(9-27-18)4-3-6-22-7-5-10-8-12(19)14(20)15(21)13(10)16(22)24/h5,7-8,11H,3-4,6,9H2,1-2H3,(H,25,26)/t11-/m1/s1. The molecular formula is C18H19BrF2N2O4. The molecule has 1 aromatic heterocycles. The second kappa shape index (κ2) is 7.20. The van der Waals surface area contributed by atoms with Crippen LogP contribution in [-0.2, 0) is 11.3 Å². The molecule has 27 heavy (non-hydrogen) atoms. The third-order valence-corrected chi connectivity index (χ3v) is 5.40. The summed E-state index contributed by atoms with van der Waals surface area (Å²) in [4.78, 5) is 25.3. The van der Waals surface area contributed by atoms with Gasteiger partial charge < -0.3 is 14.4 Å². The van der Waals surface area contributed by atoms with Gasteiger partial charge in [0.05, 0.1) is 22.5 Å². The van der Waals surface area contributed by atoms with Gasteiger partial charge in [-0.1, -0.05) is 0 Å². The van der Waals surface area contributed by atoms with Gasteiger partial charge in [0, 0.05) is 12.7 Å². The number of carboxylic acid groups (broad SMARTS) is 1. The smallest absolute Gasteiger partial charge is 0.409 e. The van der Waals surface area contributed by atoms with E-state index < -0.39 is 29.0 Å². The fourth-order valence-electron chi connectivity index (χ4n) is 3.50. The SMILES string of the molecule is CC1(C)OC[C@@H](CCCn2ccc3cc(Br)c(F)c(F)c3c2=O)N1C(=O)O. The van der Waals surface area contributed by atoms with E-state index in [1.165, 1.54) is 21.7 Å². The van der Waals surface area contributed by atoms with Crippen LogP contribution in [0.1, 0.15) is 26.7 Å². The number of amides is 1. The Morgan fingerprint density at radius 2 is 2.11 bits per heavy atom. The average Bonchev–Trinajstić information content (AvgIpc) is 2.89. The van der Waals surface area contributed by atoms with Crippen molar-refractivity contribution in [2.75, 3.05) is 6.61 Å². The monoisotopic (exact) mass is 444 g/mol. The number of nitrogens with zero attached hydrogens (tertiary/aromatic N) is 2. The third kappa shape index (κ3) is 3.58. The number of hydrogen-bond acceptors (Lipinski definition) is 3. The molecule has 0 radical (unpaired) electrons. The van der Waals surface area contributed by atoms with Crippen LogP contribution in [0.5, 0.6) is 0 Å². The zero-order chi connectivity index (χ0) is 19.9. The van der Waals surface area contributed by atoms with E-state index in [-0.39, 0.29) is 29.1 Å². The Morgan fingerprint density at radius 3 is 2.78 bits per heavy atom. The zero-order valence-corrected chi connectivity index (χ0v) is 16.4. The quantitative estimate of drug-likeness (QED) is 0.724. The second-order valence-corrected chi connectivity index (χ2v) is 7.83. The van der Waals surface area contributed by atoms with Crippen molar-refractivity contribution in [2.24, 2.45) is 0 Å². The first-order valence-electron chi connectivity index (χ1n) is 8.46. The summed E-state index contributed by atoms with van der Waals surface area (Å²) in [5.74, 6) is -2.28. The first kappa shape index (κ1) is 19.8. The number of rotatable bonds is 4. The minimum Gasteiger partial charge on any atom is -0.465 e. The largest absolute Gasteiger partial charge is 0.465 e. The van der Waals surface area contributed by atoms with Gasteiger partial charge in [-0.3, -0.25) is 9.69 Å². The maximum Gasteiger partial charge on any atom is 0.409 e. The fraction of sp³-hybridized carbons (Fsp3) is 0.444. The normalized spacial score (nSPS) is 19.0. The van der Waals surface area contributed by atoms with Gasteiger partial charge in [-0.25, -0.2) is 13.6 Å². The van der Waals surface area contributed by atoms with Crippen molar-refractivity contribution >= 4 is 32.8 Å². The second-order valence-electron chi connectivity index (χ2n) is 6.97. The van der Waals surface area contributed by atoms with Crippen molar-refractivity contribution in [3.8, 4) is 0 Å². The number of aromatic nitrogens is 1. The van der Waals surface area contributed by atoms with Crippen LogP contribution in [0, 0.1) is 11.6 Å². The molecule has 6 nitrogen and oxygen atoms in total. The lowest BCUT2D eigenvalue weighted by atomic mass is 10.1. The molecule has 0 bridgehead atoms. The molecule has 2 heterocycles. The van der Waals surface area contributed by atoms with Crippen LogP contribution in [0.4, 0.5) is 13.6 Å². The van der Waals surface area contributed by atoms with Gasteiger partial charge in [0.1, 0.15) is 5.72 Å². The Labute approximate surface area is 162 Å². The number of aryl methyl sites for hydroxylation is 1. The molecule has 0 spiro atoms. The summed E-state index contributed by atoms with van der Waals surface area (Å²) in [6, 6.07) is 2.59. The summed E-state index contributed by atoms with van der Waals surface area (Å²) in [6.07, 6.45) is 1.43. The summed E-state index contributed by atoms with van der Waals surface area (Å²) in [6.45, 7) is 3.91. The number of benzene rings is 1. The highest BCUT2D eigenvalue weighted by Gasteiger charge is 2.43. The van der Waals surface area contributed by atoms with E-state index in [9.17, 15) is 23.5 Å². The van der Waals surface area contributed by atoms with Gasteiger partial charge in [0.25, 0.3) is 5.56 Å². The van der Waals surface area contributed by atoms with Crippen molar-refractivity contribution in [3.05, 3.63) is 44.8 Å². The predicted molar refractivity (Wildman–Crippen MR) is 98.7 cm³/mol. The predicted octanol–water partition coefficient (Wildman–Crippen LogP) is 3.94. The maximum absolute atomic E-state index is 14.2.